The topological polar surface area (TPSA) is 94.1 Å². The molecule has 0 unspecified atom stereocenters. The predicted molar refractivity (Wildman–Crippen MR) is 150 cm³/mol. The first kappa shape index (κ1) is 28.6. The average Bonchev–Trinajstić information content (AvgIpc) is 3.50. The lowest BCUT2D eigenvalue weighted by Crippen LogP contribution is -2.64. The zero-order valence-corrected chi connectivity index (χ0v) is 24.1. The Labute approximate surface area is 245 Å². The third-order valence-electron chi connectivity index (χ3n) is 8.03. The van der Waals surface area contributed by atoms with Crippen molar-refractivity contribution >= 4 is 38.9 Å². The number of hydrogen-bond donors (Lipinski definition) is 0. The van der Waals surface area contributed by atoms with Gasteiger partial charge in [-0.3, -0.25) is 18.8 Å². The summed E-state index contributed by atoms with van der Waals surface area (Å²) >= 11 is 1.33. The number of anilines is 1. The molecule has 42 heavy (non-hydrogen) atoms. The molecule has 0 saturated carbocycles. The summed E-state index contributed by atoms with van der Waals surface area (Å²) < 4.78 is 67.5. The standard InChI is InChI=1S/C28H28F3N5O4S2/c29-28(30,31)21-4-1-5-23(16-21)42(39,40)36-9-2-3-19-15-20(6-7-24(19)36)26(37)35-17-22(18-35)33-10-12-34(13-11-33)27(38)25-32-8-14-41-25/h1,4-8,14-16,22H,2-3,9-13,17-18H2. The third-order valence-corrected chi connectivity index (χ3v) is 10.6. The minimum atomic E-state index is -4.66. The van der Waals surface area contributed by atoms with Crippen molar-refractivity contribution in [2.75, 3.05) is 50.1 Å². The van der Waals surface area contributed by atoms with Crippen LogP contribution in [0.5, 0.6) is 0 Å². The summed E-state index contributed by atoms with van der Waals surface area (Å²) in [5, 5.41) is 2.27. The molecule has 1 aromatic heterocycles. The normalized spacial score (nSPS) is 18.5. The van der Waals surface area contributed by atoms with E-state index in [1.165, 1.54) is 11.3 Å². The van der Waals surface area contributed by atoms with Gasteiger partial charge in [-0.2, -0.15) is 13.2 Å². The summed E-state index contributed by atoms with van der Waals surface area (Å²) in [5.41, 5.74) is 0.465. The van der Waals surface area contributed by atoms with E-state index in [2.05, 4.69) is 9.88 Å². The molecule has 2 amide bonds. The lowest BCUT2D eigenvalue weighted by molar-refractivity contribution is -0.137. The van der Waals surface area contributed by atoms with E-state index in [-0.39, 0.29) is 24.4 Å². The number of nitrogens with zero attached hydrogens (tertiary/aromatic N) is 5. The molecule has 2 aromatic carbocycles. The second-order valence-electron chi connectivity index (χ2n) is 10.6. The Morgan fingerprint density at radius 3 is 2.38 bits per heavy atom. The molecule has 2 saturated heterocycles. The molecule has 0 radical (unpaired) electrons. The summed E-state index contributed by atoms with van der Waals surface area (Å²) in [6.07, 6.45) is -2.01. The highest BCUT2D eigenvalue weighted by Crippen LogP contribution is 2.35. The first-order valence-electron chi connectivity index (χ1n) is 13.6. The van der Waals surface area contributed by atoms with Crippen LogP contribution in [-0.4, -0.2) is 91.8 Å². The van der Waals surface area contributed by atoms with Gasteiger partial charge in [0.05, 0.1) is 16.1 Å². The van der Waals surface area contributed by atoms with Gasteiger partial charge < -0.3 is 9.80 Å². The van der Waals surface area contributed by atoms with E-state index in [0.29, 0.717) is 66.9 Å². The van der Waals surface area contributed by atoms with Crippen molar-refractivity contribution in [1.29, 1.82) is 0 Å². The number of hydrogen-bond acceptors (Lipinski definition) is 7. The van der Waals surface area contributed by atoms with Gasteiger partial charge in [0.2, 0.25) is 0 Å². The van der Waals surface area contributed by atoms with Crippen molar-refractivity contribution in [3.8, 4) is 0 Å². The smallest absolute Gasteiger partial charge is 0.335 e. The number of piperazine rings is 1. The molecular formula is C28H28F3N5O4S2. The van der Waals surface area contributed by atoms with Crippen LogP contribution in [0.15, 0.2) is 58.9 Å². The molecular weight excluding hydrogens is 591 g/mol. The third kappa shape index (κ3) is 5.38. The molecule has 6 rings (SSSR count). The largest absolute Gasteiger partial charge is 0.416 e. The number of alkyl halides is 3. The summed E-state index contributed by atoms with van der Waals surface area (Å²) in [4.78, 5) is 35.3. The number of carbonyl (C=O) groups excluding carboxylic acids is 2. The highest BCUT2D eigenvalue weighted by atomic mass is 32.2. The van der Waals surface area contributed by atoms with Gasteiger partial charge in [0.15, 0.2) is 5.01 Å². The molecule has 0 atom stereocenters. The number of sulfonamides is 1. The Kier molecular flexibility index (Phi) is 7.48. The second-order valence-corrected chi connectivity index (χ2v) is 13.3. The van der Waals surface area contributed by atoms with Crippen LogP contribution >= 0.6 is 11.3 Å². The van der Waals surface area contributed by atoms with Crippen LogP contribution in [0.3, 0.4) is 0 Å². The van der Waals surface area contributed by atoms with Crippen LogP contribution in [0.1, 0.15) is 37.7 Å². The van der Waals surface area contributed by atoms with Crippen molar-refractivity contribution < 1.29 is 31.2 Å². The second kappa shape index (κ2) is 11.0. The number of amides is 2. The van der Waals surface area contributed by atoms with Gasteiger partial charge in [-0.25, -0.2) is 13.4 Å². The maximum absolute atomic E-state index is 13.4. The number of benzene rings is 2. The Hall–Kier alpha value is -3.49. The van der Waals surface area contributed by atoms with Crippen LogP contribution in [0.4, 0.5) is 18.9 Å². The number of fused-ring (bicyclic) bond motifs is 1. The van der Waals surface area contributed by atoms with Crippen molar-refractivity contribution in [3.63, 3.8) is 0 Å². The molecule has 4 heterocycles. The van der Waals surface area contributed by atoms with E-state index in [0.717, 1.165) is 35.6 Å². The lowest BCUT2D eigenvalue weighted by atomic mass is 9.98. The van der Waals surface area contributed by atoms with Gasteiger partial charge >= 0.3 is 6.18 Å². The van der Waals surface area contributed by atoms with E-state index in [1.807, 2.05) is 0 Å². The average molecular weight is 620 g/mol. The number of likely N-dealkylation sites (tertiary alicyclic amines) is 1. The number of aryl methyl sites for hydroxylation is 1. The fraction of sp³-hybridized carbons (Fsp3) is 0.393. The van der Waals surface area contributed by atoms with E-state index in [9.17, 15) is 31.2 Å². The van der Waals surface area contributed by atoms with E-state index >= 15 is 0 Å². The van der Waals surface area contributed by atoms with Gasteiger partial charge in [-0.1, -0.05) is 6.07 Å². The Balaban J connectivity index is 1.09. The van der Waals surface area contributed by atoms with Gasteiger partial charge in [0.1, 0.15) is 0 Å². The zero-order valence-electron chi connectivity index (χ0n) is 22.5. The van der Waals surface area contributed by atoms with Gasteiger partial charge in [-0.05, 0) is 54.8 Å². The number of thiazole rings is 1. The summed E-state index contributed by atoms with van der Waals surface area (Å²) in [7, 11) is -4.24. The monoisotopic (exact) mass is 619 g/mol. The maximum Gasteiger partial charge on any atom is 0.416 e. The molecule has 0 bridgehead atoms. The minimum absolute atomic E-state index is 0.0522. The molecule has 3 aliphatic rings. The van der Waals surface area contributed by atoms with Crippen LogP contribution in [0.25, 0.3) is 0 Å². The molecule has 0 spiro atoms. The van der Waals surface area contributed by atoms with E-state index < -0.39 is 26.7 Å². The first-order chi connectivity index (χ1) is 20.0. The Bertz CT molecular complexity index is 1600. The highest BCUT2D eigenvalue weighted by Gasteiger charge is 2.38. The van der Waals surface area contributed by atoms with Crippen molar-refractivity contribution in [3.05, 3.63) is 75.7 Å². The summed E-state index contributed by atoms with van der Waals surface area (Å²) in [6.45, 7) is 3.91. The van der Waals surface area contributed by atoms with Gasteiger partial charge in [-0.15, -0.1) is 11.3 Å². The fourth-order valence-electron chi connectivity index (χ4n) is 5.69. The van der Waals surface area contributed by atoms with Crippen molar-refractivity contribution in [1.82, 2.24) is 19.7 Å². The molecule has 222 valence electrons. The molecule has 9 nitrogen and oxygen atoms in total. The Morgan fingerprint density at radius 2 is 1.69 bits per heavy atom. The first-order valence-corrected chi connectivity index (χ1v) is 15.9. The van der Waals surface area contributed by atoms with Crippen LogP contribution in [0.2, 0.25) is 0 Å². The zero-order chi connectivity index (χ0) is 29.6. The SMILES string of the molecule is O=C(c1ccc2c(c1)CCCN2S(=O)(=O)c1cccc(C(F)(F)F)c1)N1CC(N2CCN(C(=O)c3nccs3)CC2)C1. The number of aromatic nitrogens is 1. The molecule has 0 aliphatic carbocycles. The quantitative estimate of drug-likeness (QED) is 0.434. The van der Waals surface area contributed by atoms with Gasteiger partial charge in [0, 0.05) is 69.0 Å². The molecule has 2 fully saturated rings. The number of rotatable bonds is 5. The Morgan fingerprint density at radius 1 is 0.929 bits per heavy atom. The maximum atomic E-state index is 13.4. The number of halogens is 3. The number of carbonyl (C=O) groups is 2. The van der Waals surface area contributed by atoms with E-state index in [4.69, 9.17) is 0 Å². The highest BCUT2D eigenvalue weighted by molar-refractivity contribution is 7.92. The van der Waals surface area contributed by atoms with Crippen molar-refractivity contribution in [2.45, 2.75) is 30.0 Å². The predicted octanol–water partition coefficient (Wildman–Crippen LogP) is 3.59. The molecule has 14 heteroatoms. The van der Waals surface area contributed by atoms with Crippen LogP contribution in [0, 0.1) is 0 Å². The summed E-state index contributed by atoms with van der Waals surface area (Å²) in [6, 6.07) is 8.80. The van der Waals surface area contributed by atoms with E-state index in [1.54, 1.807) is 39.6 Å². The summed E-state index contributed by atoms with van der Waals surface area (Å²) in [5.74, 6) is -0.201. The lowest BCUT2D eigenvalue weighted by Gasteiger charge is -2.48. The van der Waals surface area contributed by atoms with Crippen LogP contribution in [-0.2, 0) is 22.6 Å². The minimum Gasteiger partial charge on any atom is -0.335 e. The van der Waals surface area contributed by atoms with Crippen molar-refractivity contribution in [2.24, 2.45) is 0 Å². The molecule has 3 aliphatic heterocycles. The van der Waals surface area contributed by atoms with Gasteiger partial charge in [0.25, 0.3) is 21.8 Å². The van der Waals surface area contributed by atoms with Crippen LogP contribution < -0.4 is 4.31 Å². The fourth-order valence-corrected chi connectivity index (χ4v) is 7.88. The molecule has 3 aromatic rings. The molecule has 0 N–H and O–H groups in total.